The van der Waals surface area contributed by atoms with Gasteiger partial charge in [0.1, 0.15) is 0 Å². The summed E-state index contributed by atoms with van der Waals surface area (Å²) in [6.45, 7) is 3.87. The van der Waals surface area contributed by atoms with Crippen molar-refractivity contribution in [3.05, 3.63) is 71.3 Å². The Morgan fingerprint density at radius 1 is 1.11 bits per heavy atom. The number of anilines is 1. The fraction of sp³-hybridized carbons (Fsp3) is 0.158. The molecule has 0 bridgehead atoms. The van der Waals surface area contributed by atoms with Crippen molar-refractivity contribution in [3.63, 3.8) is 0 Å². The van der Waals surface area contributed by atoms with Crippen LogP contribution in [0.4, 0.5) is 5.95 Å². The quantitative estimate of drug-likeness (QED) is 0.215. The lowest BCUT2D eigenvalue weighted by atomic mass is 10.1. The molecule has 0 saturated carbocycles. The number of aromatic nitrogens is 3. The highest BCUT2D eigenvalue weighted by Crippen LogP contribution is 2.18. The molecule has 0 aliphatic heterocycles. The number of ketones is 1. The minimum Gasteiger partial charge on any atom is -0.334 e. The molecule has 3 rings (SSSR count). The molecule has 3 aromatic rings. The lowest BCUT2D eigenvalue weighted by Gasteiger charge is -2.04. The Hall–Kier alpha value is -3.13. The first-order valence-corrected chi connectivity index (χ1v) is 9.32. The standard InChI is InChI=1S/C19H20N6OS/c1-13-8-10-16(11-9-13)17(26)12-27-19-24-23-18(25(19)20)22-21-14(2)15-6-4-3-5-7-15/h3-11H,12,20H2,1-2H3,(H,22,23)/b21-14+. The van der Waals surface area contributed by atoms with E-state index >= 15 is 0 Å². The van der Waals surface area contributed by atoms with Crippen molar-refractivity contribution in [1.82, 2.24) is 14.9 Å². The smallest absolute Gasteiger partial charge is 0.264 e. The maximum atomic E-state index is 12.3. The second-order valence-electron chi connectivity index (χ2n) is 5.93. The molecule has 2 aromatic carbocycles. The first-order valence-electron chi connectivity index (χ1n) is 8.33. The molecule has 3 N–H and O–H groups in total. The van der Waals surface area contributed by atoms with Crippen molar-refractivity contribution < 1.29 is 4.79 Å². The van der Waals surface area contributed by atoms with Gasteiger partial charge in [-0.05, 0) is 19.4 Å². The predicted octanol–water partition coefficient (Wildman–Crippen LogP) is 3.11. The third-order valence-corrected chi connectivity index (χ3v) is 4.83. The van der Waals surface area contributed by atoms with Crippen LogP contribution in [0.5, 0.6) is 0 Å². The minimum absolute atomic E-state index is 0.00968. The van der Waals surface area contributed by atoms with Gasteiger partial charge >= 0.3 is 0 Å². The van der Waals surface area contributed by atoms with Crippen molar-refractivity contribution in [2.75, 3.05) is 17.0 Å². The first kappa shape index (κ1) is 18.7. The number of aryl methyl sites for hydroxylation is 1. The van der Waals surface area contributed by atoms with E-state index in [1.807, 2.05) is 68.4 Å². The molecule has 0 fully saturated rings. The van der Waals surface area contributed by atoms with E-state index in [1.54, 1.807) is 0 Å². The summed E-state index contributed by atoms with van der Waals surface area (Å²) < 4.78 is 1.29. The Morgan fingerprint density at radius 2 is 1.81 bits per heavy atom. The number of carbonyl (C=O) groups excluding carboxylic acids is 1. The van der Waals surface area contributed by atoms with Gasteiger partial charge in [-0.3, -0.25) is 4.79 Å². The summed E-state index contributed by atoms with van der Waals surface area (Å²) in [4.78, 5) is 12.3. The van der Waals surface area contributed by atoms with Crippen LogP contribution in [-0.2, 0) is 0 Å². The van der Waals surface area contributed by atoms with Gasteiger partial charge in [0.2, 0.25) is 5.16 Å². The predicted molar refractivity (Wildman–Crippen MR) is 109 cm³/mol. The van der Waals surface area contributed by atoms with Crippen molar-refractivity contribution in [1.29, 1.82) is 0 Å². The maximum Gasteiger partial charge on any atom is 0.264 e. The summed E-state index contributed by atoms with van der Waals surface area (Å²) >= 11 is 1.23. The number of nitrogens with one attached hydrogen (secondary N) is 1. The largest absolute Gasteiger partial charge is 0.334 e. The van der Waals surface area contributed by atoms with Crippen molar-refractivity contribution in [3.8, 4) is 0 Å². The van der Waals surface area contributed by atoms with Gasteiger partial charge in [0.25, 0.3) is 5.95 Å². The van der Waals surface area contributed by atoms with Crippen LogP contribution in [0.25, 0.3) is 0 Å². The molecule has 0 spiro atoms. The second kappa shape index (κ2) is 8.50. The van der Waals surface area contributed by atoms with E-state index in [2.05, 4.69) is 20.7 Å². The second-order valence-corrected chi connectivity index (χ2v) is 6.87. The Bertz CT molecular complexity index is 950. The van der Waals surface area contributed by atoms with Crippen LogP contribution in [0.3, 0.4) is 0 Å². The fourth-order valence-electron chi connectivity index (χ4n) is 2.28. The zero-order valence-electron chi connectivity index (χ0n) is 15.1. The van der Waals surface area contributed by atoms with Gasteiger partial charge in [0.05, 0.1) is 11.5 Å². The van der Waals surface area contributed by atoms with Gasteiger partial charge < -0.3 is 5.84 Å². The molecule has 0 aliphatic carbocycles. The van der Waals surface area contributed by atoms with Crippen molar-refractivity contribution in [2.45, 2.75) is 19.0 Å². The number of nitrogen functional groups attached to an aromatic ring is 1. The molecule has 0 unspecified atom stereocenters. The van der Waals surface area contributed by atoms with E-state index in [-0.39, 0.29) is 11.5 Å². The van der Waals surface area contributed by atoms with E-state index in [9.17, 15) is 4.79 Å². The third kappa shape index (κ3) is 4.73. The summed E-state index contributed by atoms with van der Waals surface area (Å²) in [6.07, 6.45) is 0. The number of carbonyl (C=O) groups is 1. The summed E-state index contributed by atoms with van der Waals surface area (Å²) in [5.74, 6) is 6.54. The van der Waals surface area contributed by atoms with Crippen LogP contribution in [0.2, 0.25) is 0 Å². The van der Waals surface area contributed by atoms with Gasteiger partial charge in [-0.15, -0.1) is 10.2 Å². The van der Waals surface area contributed by atoms with Crippen LogP contribution in [0.1, 0.15) is 28.4 Å². The van der Waals surface area contributed by atoms with Crippen LogP contribution >= 0.6 is 11.8 Å². The van der Waals surface area contributed by atoms with Gasteiger partial charge in [-0.1, -0.05) is 71.9 Å². The normalized spacial score (nSPS) is 11.4. The molecule has 27 heavy (non-hydrogen) atoms. The Kier molecular flexibility index (Phi) is 5.87. The van der Waals surface area contributed by atoms with Gasteiger partial charge in [0, 0.05) is 5.56 Å². The molecule has 138 valence electrons. The number of hydrogen-bond acceptors (Lipinski definition) is 7. The average molecular weight is 380 g/mol. The van der Waals surface area contributed by atoms with E-state index in [0.29, 0.717) is 16.7 Å². The molecule has 0 aliphatic rings. The molecule has 0 radical (unpaired) electrons. The number of benzene rings is 2. The molecule has 8 heteroatoms. The molecule has 0 atom stereocenters. The average Bonchev–Trinajstić information content (AvgIpc) is 3.05. The Morgan fingerprint density at radius 3 is 2.52 bits per heavy atom. The summed E-state index contributed by atoms with van der Waals surface area (Å²) in [7, 11) is 0. The Balaban J connectivity index is 1.61. The number of rotatable bonds is 7. The van der Waals surface area contributed by atoms with Crippen molar-refractivity contribution >= 4 is 29.2 Å². The molecular formula is C19H20N6OS. The van der Waals surface area contributed by atoms with Crippen LogP contribution in [0.15, 0.2) is 64.9 Å². The van der Waals surface area contributed by atoms with E-state index in [1.165, 1.54) is 16.4 Å². The zero-order chi connectivity index (χ0) is 19.2. The molecular weight excluding hydrogens is 360 g/mol. The lowest BCUT2D eigenvalue weighted by molar-refractivity contribution is 0.102. The summed E-state index contributed by atoms with van der Waals surface area (Å²) in [6, 6.07) is 17.2. The van der Waals surface area contributed by atoms with Crippen LogP contribution < -0.4 is 11.3 Å². The lowest BCUT2D eigenvalue weighted by Crippen LogP contribution is -2.14. The minimum atomic E-state index is 0.00968. The molecule has 1 heterocycles. The topological polar surface area (TPSA) is 98.2 Å². The summed E-state index contributed by atoms with van der Waals surface area (Å²) in [5.41, 5.74) is 6.38. The molecule has 1 aromatic heterocycles. The number of hydrazone groups is 1. The van der Waals surface area contributed by atoms with Crippen LogP contribution in [-0.4, -0.2) is 32.1 Å². The Labute approximate surface area is 161 Å². The number of hydrogen-bond donors (Lipinski definition) is 2. The molecule has 0 amide bonds. The van der Waals surface area contributed by atoms with E-state index in [0.717, 1.165) is 16.8 Å². The number of nitrogens with zero attached hydrogens (tertiary/aromatic N) is 4. The summed E-state index contributed by atoms with van der Waals surface area (Å²) in [5, 5.41) is 12.7. The number of Topliss-reactive ketones (excluding diaryl/α,β-unsaturated/α-hetero) is 1. The van der Waals surface area contributed by atoms with Gasteiger partial charge in [0.15, 0.2) is 5.78 Å². The van der Waals surface area contributed by atoms with Crippen LogP contribution in [0, 0.1) is 6.92 Å². The molecule has 0 saturated heterocycles. The maximum absolute atomic E-state index is 12.3. The highest BCUT2D eigenvalue weighted by molar-refractivity contribution is 7.99. The number of nitrogens with two attached hydrogens (primary N) is 1. The highest BCUT2D eigenvalue weighted by Gasteiger charge is 2.13. The van der Waals surface area contributed by atoms with E-state index in [4.69, 9.17) is 5.84 Å². The number of thioether (sulfide) groups is 1. The SMILES string of the molecule is C/C(=N\Nc1nnc(SCC(=O)c2ccc(C)cc2)n1N)c1ccccc1. The monoisotopic (exact) mass is 380 g/mol. The van der Waals surface area contributed by atoms with E-state index < -0.39 is 0 Å². The highest BCUT2D eigenvalue weighted by atomic mass is 32.2. The van der Waals surface area contributed by atoms with Gasteiger partial charge in [-0.25, -0.2) is 10.1 Å². The van der Waals surface area contributed by atoms with Gasteiger partial charge in [-0.2, -0.15) is 5.10 Å². The zero-order valence-corrected chi connectivity index (χ0v) is 15.9. The first-order chi connectivity index (χ1) is 13.0. The molecule has 7 nitrogen and oxygen atoms in total. The van der Waals surface area contributed by atoms with Crippen molar-refractivity contribution in [2.24, 2.45) is 5.10 Å². The third-order valence-electron chi connectivity index (χ3n) is 3.89. The fourth-order valence-corrected chi connectivity index (χ4v) is 3.03.